The van der Waals surface area contributed by atoms with Gasteiger partial charge in [0.05, 0.1) is 19.6 Å². The number of para-hydroxylation sites is 1. The lowest BCUT2D eigenvalue weighted by Crippen LogP contribution is -2.58. The molecule has 8 heteroatoms. The van der Waals surface area contributed by atoms with Crippen molar-refractivity contribution in [3.63, 3.8) is 0 Å². The lowest BCUT2D eigenvalue weighted by molar-refractivity contribution is -1.92. The average Bonchev–Trinajstić information content (AvgIpc) is 2.64. The second-order valence-electron chi connectivity index (χ2n) is 4.12. The van der Waals surface area contributed by atoms with E-state index in [1.807, 2.05) is 6.92 Å². The average molecular weight is 316 g/mol. The van der Waals surface area contributed by atoms with Gasteiger partial charge in [0.15, 0.2) is 11.2 Å². The van der Waals surface area contributed by atoms with E-state index in [-0.39, 0.29) is 0 Å². The smallest absolute Gasteiger partial charge is 0.183 e. The van der Waals surface area contributed by atoms with Gasteiger partial charge in [-0.05, 0) is 35.4 Å². The van der Waals surface area contributed by atoms with Gasteiger partial charge in [-0.2, -0.15) is 18.4 Å². The summed E-state index contributed by atoms with van der Waals surface area (Å²) >= 11 is 1.74. The van der Waals surface area contributed by atoms with Crippen molar-refractivity contribution >= 4 is 26.5 Å². The molecule has 0 radical (unpaired) electrons. The molecule has 0 aliphatic heterocycles. The first-order valence-electron chi connectivity index (χ1n) is 5.56. The van der Waals surface area contributed by atoms with E-state index in [9.17, 15) is 0 Å². The molecule has 0 atom stereocenters. The van der Waals surface area contributed by atoms with E-state index < -0.39 is 10.2 Å². The molecule has 0 aliphatic carbocycles. The molecule has 0 fully saturated rings. The Bertz CT molecular complexity index is 748. The molecule has 6 nitrogen and oxygen atoms in total. The van der Waals surface area contributed by atoms with Gasteiger partial charge in [-0.1, -0.05) is 12.1 Å². The Balaban J connectivity index is 0.000000257. The fourth-order valence-electron chi connectivity index (χ4n) is 1.94. The Morgan fingerprint density at radius 3 is 2.45 bits per heavy atom. The number of halogens is 1. The minimum atomic E-state index is -4.69. The van der Waals surface area contributed by atoms with Crippen LogP contribution in [0.4, 0.5) is 0 Å². The highest BCUT2D eigenvalue weighted by Gasteiger charge is 2.15. The zero-order chi connectivity index (χ0) is 14.9. The summed E-state index contributed by atoms with van der Waals surface area (Å²) in [5, 5.41) is 0. The second kappa shape index (κ2) is 5.57. The van der Waals surface area contributed by atoms with Gasteiger partial charge in [0, 0.05) is 13.0 Å². The van der Waals surface area contributed by atoms with Gasteiger partial charge < -0.3 is 0 Å². The number of hydrogen-bond acceptors (Lipinski definition) is 6. The number of nitrogens with zero attached hydrogens (tertiary/aromatic N) is 2. The lowest BCUT2D eigenvalue weighted by atomic mass is 10.3. The topological polar surface area (TPSA) is 106 Å². The number of thiazole rings is 1. The quantitative estimate of drug-likeness (QED) is 0.510. The van der Waals surface area contributed by atoms with E-state index in [1.54, 1.807) is 11.3 Å². The SMILES string of the molecule is Cc1cc(C)[n+]2c(n1)sc1ccccc12.[O-][Cl+3]([O-])([O-])O. The third-order valence-electron chi connectivity index (χ3n) is 2.54. The Hall–Kier alpha value is -1.35. The maximum Gasteiger partial charge on any atom is 0.388 e. The fourth-order valence-corrected chi connectivity index (χ4v) is 3.07. The highest BCUT2D eigenvalue weighted by atomic mass is 35.7. The summed E-state index contributed by atoms with van der Waals surface area (Å²) in [4.78, 5) is 5.63. The molecule has 106 valence electrons. The van der Waals surface area contributed by atoms with Crippen LogP contribution in [0.3, 0.4) is 0 Å². The molecule has 0 aliphatic rings. The molecule has 0 bridgehead atoms. The van der Waals surface area contributed by atoms with Gasteiger partial charge in [0.1, 0.15) is 5.69 Å². The van der Waals surface area contributed by atoms with E-state index in [0.717, 1.165) is 10.7 Å². The minimum Gasteiger partial charge on any atom is -0.183 e. The van der Waals surface area contributed by atoms with E-state index in [1.165, 1.54) is 15.9 Å². The fraction of sp³-hybridized carbons (Fsp3) is 0.167. The second-order valence-corrected chi connectivity index (χ2v) is 5.92. The first-order chi connectivity index (χ1) is 9.25. The van der Waals surface area contributed by atoms with Crippen molar-refractivity contribution < 1.29 is 33.3 Å². The van der Waals surface area contributed by atoms with Crippen molar-refractivity contribution in [2.24, 2.45) is 0 Å². The van der Waals surface area contributed by atoms with Crippen LogP contribution in [-0.4, -0.2) is 9.64 Å². The number of rotatable bonds is 0. The van der Waals surface area contributed by atoms with Gasteiger partial charge in [-0.15, -0.1) is 0 Å². The van der Waals surface area contributed by atoms with Crippen LogP contribution in [0.2, 0.25) is 0 Å². The van der Waals surface area contributed by atoms with Crippen LogP contribution in [0, 0.1) is 24.1 Å². The van der Waals surface area contributed by atoms with Crippen LogP contribution < -0.4 is 18.4 Å². The van der Waals surface area contributed by atoms with Crippen LogP contribution in [0.15, 0.2) is 30.3 Å². The molecule has 0 saturated carbocycles. The van der Waals surface area contributed by atoms with Crippen LogP contribution in [0.1, 0.15) is 11.4 Å². The summed E-state index contributed by atoms with van der Waals surface area (Å²) in [6, 6.07) is 10.5. The van der Waals surface area contributed by atoms with E-state index >= 15 is 0 Å². The molecule has 2 heterocycles. The molecule has 1 aromatic carbocycles. The van der Waals surface area contributed by atoms with Gasteiger partial charge in [0.2, 0.25) is 0 Å². The van der Waals surface area contributed by atoms with Gasteiger partial charge in [0.25, 0.3) is 0 Å². The Morgan fingerprint density at radius 1 is 1.20 bits per heavy atom. The summed E-state index contributed by atoms with van der Waals surface area (Å²) < 4.78 is 36.2. The Morgan fingerprint density at radius 2 is 1.80 bits per heavy atom. The zero-order valence-corrected chi connectivity index (χ0v) is 12.3. The Kier molecular flexibility index (Phi) is 4.19. The standard InChI is InChI=1S/C12H11N2S.ClHO4/c1-8-7-9(2)14-10-5-3-4-6-11(10)15-12(14)13-8;2-1(3,4)5/h3-7H,1-2H3;(H,2,3,4,5)/q+1;. The molecular weight excluding hydrogens is 304 g/mol. The summed E-state index contributed by atoms with van der Waals surface area (Å²) in [5.74, 6) is 0. The Labute approximate surface area is 120 Å². The van der Waals surface area contributed by atoms with E-state index in [2.05, 4.69) is 46.6 Å². The van der Waals surface area contributed by atoms with Crippen LogP contribution in [0.5, 0.6) is 0 Å². The van der Waals surface area contributed by atoms with Gasteiger partial charge >= 0.3 is 4.96 Å². The van der Waals surface area contributed by atoms with E-state index in [0.29, 0.717) is 0 Å². The third-order valence-corrected chi connectivity index (χ3v) is 3.56. The van der Waals surface area contributed by atoms with Crippen molar-refractivity contribution in [3.05, 3.63) is 41.7 Å². The minimum absolute atomic E-state index is 1.08. The number of aryl methyl sites for hydroxylation is 2. The van der Waals surface area contributed by atoms with Crippen LogP contribution in [-0.2, 0) is 0 Å². The molecule has 3 rings (SSSR count). The van der Waals surface area contributed by atoms with Crippen molar-refractivity contribution in [1.29, 1.82) is 0 Å². The molecule has 0 amide bonds. The zero-order valence-electron chi connectivity index (χ0n) is 10.7. The molecule has 1 N–H and O–H groups in total. The van der Waals surface area contributed by atoms with Crippen molar-refractivity contribution in [1.82, 2.24) is 4.98 Å². The van der Waals surface area contributed by atoms with Crippen molar-refractivity contribution in [2.45, 2.75) is 13.8 Å². The molecule has 0 unspecified atom stereocenters. The number of fused-ring (bicyclic) bond motifs is 3. The lowest BCUT2D eigenvalue weighted by Gasteiger charge is -2.03. The van der Waals surface area contributed by atoms with Crippen LogP contribution >= 0.6 is 11.3 Å². The number of benzene rings is 1. The predicted octanol–water partition coefficient (Wildman–Crippen LogP) is -1.47. The summed E-state index contributed by atoms with van der Waals surface area (Å²) in [5.41, 5.74) is 3.58. The first-order valence-corrected chi connectivity index (χ1v) is 7.64. The molecule has 2 aromatic heterocycles. The van der Waals surface area contributed by atoms with Crippen molar-refractivity contribution in [2.75, 3.05) is 0 Å². The van der Waals surface area contributed by atoms with Crippen LogP contribution in [0.25, 0.3) is 15.2 Å². The molecule has 20 heavy (non-hydrogen) atoms. The molecule has 0 saturated heterocycles. The normalized spacial score (nSPS) is 11.5. The monoisotopic (exact) mass is 315 g/mol. The first kappa shape index (κ1) is 15.0. The third kappa shape index (κ3) is 3.60. The molecule has 3 aromatic rings. The highest BCUT2D eigenvalue weighted by molar-refractivity contribution is 7.22. The number of aromatic nitrogens is 2. The largest absolute Gasteiger partial charge is 0.388 e. The number of hydrogen-bond donors (Lipinski definition) is 1. The molecule has 0 spiro atoms. The predicted molar refractivity (Wildman–Crippen MR) is 64.5 cm³/mol. The maximum atomic E-state index is 8.60. The summed E-state index contributed by atoms with van der Waals surface area (Å²) in [7, 11) is -4.69. The summed E-state index contributed by atoms with van der Waals surface area (Å²) in [6.45, 7) is 4.16. The van der Waals surface area contributed by atoms with Crippen molar-refractivity contribution in [3.8, 4) is 0 Å². The molecular formula is C12H12ClN2O4S+. The van der Waals surface area contributed by atoms with Gasteiger partial charge in [-0.25, -0.2) is 0 Å². The van der Waals surface area contributed by atoms with Gasteiger partial charge in [-0.3, -0.25) is 0 Å². The van der Waals surface area contributed by atoms with E-state index in [4.69, 9.17) is 18.6 Å². The highest BCUT2D eigenvalue weighted by Crippen LogP contribution is 2.20. The summed E-state index contributed by atoms with van der Waals surface area (Å²) in [6.07, 6.45) is 0. The maximum absolute atomic E-state index is 8.60.